The zero-order chi connectivity index (χ0) is 54.2. The molecule has 0 radical (unpaired) electrons. The fraction of sp³-hybridized carbons (Fsp3) is 0.954. The molecule has 3 atom stereocenters. The van der Waals surface area contributed by atoms with Crippen molar-refractivity contribution in [1.29, 1.82) is 0 Å². The van der Waals surface area contributed by atoms with Crippen LogP contribution in [0.25, 0.3) is 0 Å². The van der Waals surface area contributed by atoms with E-state index in [1.54, 1.807) is 0 Å². The highest BCUT2D eigenvalue weighted by atomic mass is 31.2. The molecule has 0 heterocycles. The fourth-order valence-electron chi connectivity index (χ4n) is 10.3. The molecule has 9 heteroatoms. The van der Waals surface area contributed by atoms with E-state index in [1.165, 1.54) is 283 Å². The molecule has 3 unspecified atom stereocenters. The maximum Gasteiger partial charge on any atom is 0.268 e. The molecule has 0 saturated carbocycles. The first kappa shape index (κ1) is 73.2. The molecule has 8 nitrogen and oxygen atoms in total. The molecule has 0 aliphatic heterocycles. The lowest BCUT2D eigenvalue weighted by Gasteiger charge is -2.30. The summed E-state index contributed by atoms with van der Waals surface area (Å²) >= 11 is 0. The van der Waals surface area contributed by atoms with E-state index in [-0.39, 0.29) is 19.1 Å². The van der Waals surface area contributed by atoms with Gasteiger partial charge in [-0.05, 0) is 38.5 Å². The summed E-state index contributed by atoms with van der Waals surface area (Å²) in [6.07, 6.45) is 71.4. The predicted molar refractivity (Wildman–Crippen MR) is 321 cm³/mol. The third-order valence-electron chi connectivity index (χ3n) is 15.5. The summed E-state index contributed by atoms with van der Waals surface area (Å²) in [7, 11) is 1.32. The summed E-state index contributed by atoms with van der Waals surface area (Å²) in [5.41, 5.74) is 0. The first-order valence-electron chi connectivity index (χ1n) is 33.0. The molecule has 0 fully saturated rings. The van der Waals surface area contributed by atoms with Crippen molar-refractivity contribution in [2.75, 3.05) is 40.9 Å². The van der Waals surface area contributed by atoms with Crippen LogP contribution in [-0.4, -0.2) is 68.5 Å². The summed E-state index contributed by atoms with van der Waals surface area (Å²) in [6, 6.07) is -0.797. The average molecular weight is 1070 g/mol. The lowest BCUT2D eigenvalue weighted by Crippen LogP contribution is -2.46. The van der Waals surface area contributed by atoms with E-state index in [0.717, 1.165) is 38.5 Å². The summed E-state index contributed by atoms with van der Waals surface area (Å²) in [4.78, 5) is 25.6. The molecule has 0 aliphatic rings. The van der Waals surface area contributed by atoms with Crippen LogP contribution in [0, 0.1) is 0 Å². The van der Waals surface area contributed by atoms with Crippen LogP contribution in [0.3, 0.4) is 0 Å². The van der Waals surface area contributed by atoms with Gasteiger partial charge in [0.15, 0.2) is 0 Å². The number of hydrogen-bond donors (Lipinski definition) is 2. The van der Waals surface area contributed by atoms with Crippen molar-refractivity contribution in [3.8, 4) is 0 Å². The van der Waals surface area contributed by atoms with Gasteiger partial charge in [0.05, 0.1) is 39.9 Å². The van der Waals surface area contributed by atoms with Crippen LogP contribution in [-0.2, 0) is 18.4 Å². The summed E-state index contributed by atoms with van der Waals surface area (Å²) in [5.74, 6) is -0.156. The first-order valence-corrected chi connectivity index (χ1v) is 34.5. The minimum absolute atomic E-state index is 0.0159. The van der Waals surface area contributed by atoms with E-state index >= 15 is 0 Å². The van der Waals surface area contributed by atoms with Crippen LogP contribution < -0.4 is 10.2 Å². The quantitative estimate of drug-likeness (QED) is 0.0272. The first-order chi connectivity index (χ1) is 36.0. The Morgan fingerprint density at radius 2 is 0.743 bits per heavy atom. The van der Waals surface area contributed by atoms with Crippen LogP contribution >= 0.6 is 7.82 Å². The number of nitrogens with zero attached hydrogens (tertiary/aromatic N) is 1. The lowest BCUT2D eigenvalue weighted by molar-refractivity contribution is -0.870. The number of phosphoric acid groups is 1. The second kappa shape index (κ2) is 56.9. The number of quaternary nitrogens is 1. The molecular formula is C65H131N2O6P. The highest BCUT2D eigenvalue weighted by molar-refractivity contribution is 7.45. The predicted octanol–water partition coefficient (Wildman–Crippen LogP) is 19.9. The molecule has 0 aromatic rings. The van der Waals surface area contributed by atoms with Crippen LogP contribution in [0.1, 0.15) is 348 Å². The Labute approximate surface area is 462 Å². The van der Waals surface area contributed by atoms with Crippen molar-refractivity contribution in [3.63, 3.8) is 0 Å². The number of likely N-dealkylation sites (N-methyl/N-ethyl adjacent to an activating group) is 1. The van der Waals surface area contributed by atoms with E-state index in [9.17, 15) is 19.4 Å². The number of hydrogen-bond acceptors (Lipinski definition) is 6. The molecule has 1 amide bonds. The summed E-state index contributed by atoms with van der Waals surface area (Å²) in [6.45, 7) is 4.78. The molecule has 0 aliphatic carbocycles. The average Bonchev–Trinajstić information content (AvgIpc) is 3.36. The smallest absolute Gasteiger partial charge is 0.268 e. The topological polar surface area (TPSA) is 108 Å². The molecule has 0 saturated heterocycles. The molecule has 2 N–H and O–H groups in total. The van der Waals surface area contributed by atoms with Gasteiger partial charge in [-0.1, -0.05) is 315 Å². The van der Waals surface area contributed by atoms with Gasteiger partial charge < -0.3 is 28.8 Å². The zero-order valence-electron chi connectivity index (χ0n) is 50.6. The molecule has 0 spiro atoms. The molecule has 74 heavy (non-hydrogen) atoms. The Morgan fingerprint density at radius 1 is 0.459 bits per heavy atom. The number of carbonyl (C=O) groups excluding carboxylic acids is 1. The monoisotopic (exact) mass is 1070 g/mol. The van der Waals surface area contributed by atoms with Gasteiger partial charge in [-0.15, -0.1) is 0 Å². The van der Waals surface area contributed by atoms with Gasteiger partial charge in [0.2, 0.25) is 5.91 Å². The number of aliphatic hydroxyl groups excluding tert-OH is 1. The van der Waals surface area contributed by atoms with E-state index in [1.807, 2.05) is 21.1 Å². The van der Waals surface area contributed by atoms with Gasteiger partial charge in [0, 0.05) is 6.42 Å². The van der Waals surface area contributed by atoms with Crippen LogP contribution in [0.2, 0.25) is 0 Å². The maximum atomic E-state index is 13.0. The molecule has 0 bridgehead atoms. The van der Waals surface area contributed by atoms with Crippen LogP contribution in [0.5, 0.6) is 0 Å². The van der Waals surface area contributed by atoms with E-state index in [2.05, 4.69) is 31.3 Å². The number of allylic oxidation sites excluding steroid dienone is 2. The highest BCUT2D eigenvalue weighted by Gasteiger charge is 2.24. The number of phosphoric ester groups is 1. The van der Waals surface area contributed by atoms with Crippen molar-refractivity contribution in [3.05, 3.63) is 12.2 Å². The van der Waals surface area contributed by atoms with Crippen molar-refractivity contribution in [1.82, 2.24) is 5.32 Å². The molecule has 0 rings (SSSR count). The van der Waals surface area contributed by atoms with Gasteiger partial charge in [-0.2, -0.15) is 0 Å². The third kappa shape index (κ3) is 58.9. The fourth-order valence-corrected chi connectivity index (χ4v) is 11.1. The molecule has 0 aromatic carbocycles. The SMILES string of the molecule is CCCCCCCCCC/C=C\CCCCCCCCCCCCCCCCCCCCCCCCCC(=O)NC(COP(=O)([O-])OCC[N+](C)(C)C)C(O)CCCCCCCCCCCCCCCCCCC. The highest BCUT2D eigenvalue weighted by Crippen LogP contribution is 2.38. The Bertz CT molecular complexity index is 1210. The Kier molecular flexibility index (Phi) is 56.4. The Morgan fingerprint density at radius 3 is 1.05 bits per heavy atom. The maximum absolute atomic E-state index is 13.0. The number of aliphatic hydroxyl groups is 1. The van der Waals surface area contributed by atoms with E-state index in [4.69, 9.17) is 9.05 Å². The van der Waals surface area contributed by atoms with Crippen molar-refractivity contribution >= 4 is 13.7 Å². The normalized spacial score (nSPS) is 13.8. The Hall–Kier alpha value is -0.760. The molecular weight excluding hydrogens is 936 g/mol. The minimum Gasteiger partial charge on any atom is -0.756 e. The van der Waals surface area contributed by atoms with Crippen molar-refractivity contribution < 1.29 is 32.9 Å². The zero-order valence-corrected chi connectivity index (χ0v) is 51.5. The van der Waals surface area contributed by atoms with Crippen LogP contribution in [0.15, 0.2) is 12.2 Å². The van der Waals surface area contributed by atoms with Gasteiger partial charge in [-0.3, -0.25) is 9.36 Å². The summed E-state index contributed by atoms with van der Waals surface area (Å²) in [5, 5.41) is 14.1. The summed E-state index contributed by atoms with van der Waals surface area (Å²) < 4.78 is 23.5. The molecule has 0 aromatic heterocycles. The standard InChI is InChI=1S/C65H131N2O6P/c1-6-8-10-12-14-16-18-20-22-24-25-26-27-28-29-30-31-32-33-34-35-36-37-38-39-40-41-43-45-47-49-51-53-55-57-59-65(69)66-63(62-73-74(70,71)72-61-60-67(3,4)5)64(68)58-56-54-52-50-48-46-44-42-23-21-19-17-15-13-11-9-7-2/h24-25,63-64,68H,6-23,26-62H2,1-5H3,(H-,66,69,70,71)/b25-24-. The number of rotatable bonds is 62. The second-order valence-electron chi connectivity index (χ2n) is 24.2. The third-order valence-corrected chi connectivity index (χ3v) is 16.5. The number of nitrogens with one attached hydrogen (secondary N) is 1. The van der Waals surface area contributed by atoms with Crippen LogP contribution in [0.4, 0.5) is 0 Å². The molecule has 442 valence electrons. The van der Waals surface area contributed by atoms with Gasteiger partial charge in [0.1, 0.15) is 13.2 Å². The number of carbonyl (C=O) groups is 1. The van der Waals surface area contributed by atoms with Crippen molar-refractivity contribution in [2.45, 2.75) is 360 Å². The minimum atomic E-state index is -4.57. The van der Waals surface area contributed by atoms with E-state index in [0.29, 0.717) is 23.9 Å². The largest absolute Gasteiger partial charge is 0.756 e. The lowest BCUT2D eigenvalue weighted by atomic mass is 10.0. The van der Waals surface area contributed by atoms with E-state index < -0.39 is 20.0 Å². The number of unbranched alkanes of at least 4 members (excludes halogenated alkanes) is 47. The van der Waals surface area contributed by atoms with Gasteiger partial charge in [-0.25, -0.2) is 0 Å². The second-order valence-corrected chi connectivity index (χ2v) is 25.6. The van der Waals surface area contributed by atoms with Crippen molar-refractivity contribution in [2.24, 2.45) is 0 Å². The van der Waals surface area contributed by atoms with Gasteiger partial charge >= 0.3 is 0 Å². The Balaban J connectivity index is 3.92. The number of amides is 1. The van der Waals surface area contributed by atoms with Gasteiger partial charge in [0.25, 0.3) is 7.82 Å².